The standard InChI is InChI=1S/C17H20N4O3S/c1-25(23,24)20-14-6-4-5-13(11-14)17(22)19-15-7-8-16(18-12-15)21-9-2-3-10-21/h4-8,11-12,20H,2-3,9-10H2,1H3,(H,19,22). The third-order valence-corrected chi connectivity index (χ3v) is 4.47. The number of carbonyl (C=O) groups excluding carboxylic acids is 1. The summed E-state index contributed by atoms with van der Waals surface area (Å²) in [7, 11) is -3.39. The highest BCUT2D eigenvalue weighted by atomic mass is 32.2. The van der Waals surface area contributed by atoms with Crippen LogP contribution in [0.2, 0.25) is 0 Å². The summed E-state index contributed by atoms with van der Waals surface area (Å²) in [5.41, 5.74) is 1.30. The van der Waals surface area contributed by atoms with E-state index in [1.807, 2.05) is 12.1 Å². The van der Waals surface area contributed by atoms with Crippen LogP contribution in [0.1, 0.15) is 23.2 Å². The lowest BCUT2D eigenvalue weighted by atomic mass is 10.2. The Labute approximate surface area is 147 Å². The Morgan fingerprint density at radius 2 is 1.88 bits per heavy atom. The molecule has 0 saturated carbocycles. The molecule has 3 rings (SSSR count). The summed E-state index contributed by atoms with van der Waals surface area (Å²) < 4.78 is 24.9. The van der Waals surface area contributed by atoms with Crippen molar-refractivity contribution in [2.75, 3.05) is 34.3 Å². The topological polar surface area (TPSA) is 91.4 Å². The Morgan fingerprint density at radius 1 is 1.12 bits per heavy atom. The highest BCUT2D eigenvalue weighted by Gasteiger charge is 2.14. The first kappa shape index (κ1) is 17.2. The molecular formula is C17H20N4O3S. The molecule has 1 aliphatic rings. The summed E-state index contributed by atoms with van der Waals surface area (Å²) in [5, 5.41) is 2.77. The number of sulfonamides is 1. The predicted molar refractivity (Wildman–Crippen MR) is 98.5 cm³/mol. The van der Waals surface area contributed by atoms with E-state index in [9.17, 15) is 13.2 Å². The summed E-state index contributed by atoms with van der Waals surface area (Å²) in [4.78, 5) is 19.0. The number of nitrogens with one attached hydrogen (secondary N) is 2. The van der Waals surface area contributed by atoms with Crippen molar-refractivity contribution in [2.45, 2.75) is 12.8 Å². The van der Waals surface area contributed by atoms with E-state index >= 15 is 0 Å². The fourth-order valence-corrected chi connectivity index (χ4v) is 3.29. The third kappa shape index (κ3) is 4.69. The molecule has 1 aromatic heterocycles. The third-order valence-electron chi connectivity index (χ3n) is 3.86. The molecule has 0 atom stereocenters. The zero-order valence-corrected chi connectivity index (χ0v) is 14.7. The smallest absolute Gasteiger partial charge is 0.255 e. The highest BCUT2D eigenvalue weighted by molar-refractivity contribution is 7.92. The molecule has 0 unspecified atom stereocenters. The van der Waals surface area contributed by atoms with Crippen LogP contribution in [0, 0.1) is 0 Å². The maximum absolute atomic E-state index is 12.3. The fourth-order valence-electron chi connectivity index (χ4n) is 2.73. The van der Waals surface area contributed by atoms with Crippen LogP contribution in [0.25, 0.3) is 0 Å². The van der Waals surface area contributed by atoms with Crippen LogP contribution in [0.3, 0.4) is 0 Å². The lowest BCUT2D eigenvalue weighted by Gasteiger charge is -2.16. The van der Waals surface area contributed by atoms with E-state index < -0.39 is 10.0 Å². The minimum Gasteiger partial charge on any atom is -0.357 e. The average Bonchev–Trinajstić information content (AvgIpc) is 3.08. The predicted octanol–water partition coefficient (Wildman–Crippen LogP) is 2.31. The molecule has 2 N–H and O–H groups in total. The van der Waals surface area contributed by atoms with Crippen molar-refractivity contribution in [1.82, 2.24) is 4.98 Å². The summed E-state index contributed by atoms with van der Waals surface area (Å²) in [6, 6.07) is 10.0. The maximum Gasteiger partial charge on any atom is 0.255 e. The van der Waals surface area contributed by atoms with Gasteiger partial charge >= 0.3 is 0 Å². The maximum atomic E-state index is 12.3. The molecule has 132 valence electrons. The van der Waals surface area contributed by atoms with Gasteiger partial charge in [0.05, 0.1) is 18.1 Å². The van der Waals surface area contributed by atoms with Crippen LogP contribution >= 0.6 is 0 Å². The number of hydrogen-bond donors (Lipinski definition) is 2. The number of nitrogens with zero attached hydrogens (tertiary/aromatic N) is 2. The van der Waals surface area contributed by atoms with Gasteiger partial charge in [0.1, 0.15) is 5.82 Å². The molecule has 1 amide bonds. The van der Waals surface area contributed by atoms with Crippen molar-refractivity contribution in [3.05, 3.63) is 48.2 Å². The second-order valence-corrected chi connectivity index (χ2v) is 7.76. The second-order valence-electron chi connectivity index (χ2n) is 6.01. The quantitative estimate of drug-likeness (QED) is 0.854. The first-order valence-electron chi connectivity index (χ1n) is 8.01. The summed E-state index contributed by atoms with van der Waals surface area (Å²) in [6.45, 7) is 2.03. The Kier molecular flexibility index (Phi) is 4.89. The van der Waals surface area contributed by atoms with Crippen LogP contribution in [0.5, 0.6) is 0 Å². The SMILES string of the molecule is CS(=O)(=O)Nc1cccc(C(=O)Nc2ccc(N3CCCC3)nc2)c1. The molecule has 1 fully saturated rings. The van der Waals surface area contributed by atoms with Crippen molar-refractivity contribution in [1.29, 1.82) is 0 Å². The second kappa shape index (κ2) is 7.10. The number of anilines is 3. The van der Waals surface area contributed by atoms with Crippen molar-refractivity contribution >= 4 is 33.1 Å². The number of amides is 1. The van der Waals surface area contributed by atoms with E-state index in [0.29, 0.717) is 16.9 Å². The van der Waals surface area contributed by atoms with Gasteiger partial charge in [0.15, 0.2) is 0 Å². The molecule has 25 heavy (non-hydrogen) atoms. The zero-order valence-electron chi connectivity index (χ0n) is 13.9. The van der Waals surface area contributed by atoms with E-state index in [0.717, 1.165) is 25.2 Å². The van der Waals surface area contributed by atoms with Gasteiger partial charge in [-0.25, -0.2) is 13.4 Å². The van der Waals surface area contributed by atoms with E-state index in [2.05, 4.69) is 19.9 Å². The highest BCUT2D eigenvalue weighted by Crippen LogP contribution is 2.20. The molecule has 0 bridgehead atoms. The van der Waals surface area contributed by atoms with Gasteiger partial charge in [-0.2, -0.15) is 0 Å². The van der Waals surface area contributed by atoms with E-state index in [-0.39, 0.29) is 5.91 Å². The molecule has 2 heterocycles. The van der Waals surface area contributed by atoms with Gasteiger partial charge in [-0.15, -0.1) is 0 Å². The average molecular weight is 360 g/mol. The summed E-state index contributed by atoms with van der Waals surface area (Å²) in [6.07, 6.45) is 5.05. The Balaban J connectivity index is 1.68. The first-order chi connectivity index (χ1) is 11.9. The normalized spacial score (nSPS) is 14.4. The molecule has 1 aromatic carbocycles. The van der Waals surface area contributed by atoms with Crippen molar-refractivity contribution in [3.63, 3.8) is 0 Å². The van der Waals surface area contributed by atoms with Gasteiger partial charge in [-0.3, -0.25) is 9.52 Å². The summed E-state index contributed by atoms with van der Waals surface area (Å²) in [5.74, 6) is 0.586. The molecular weight excluding hydrogens is 340 g/mol. The molecule has 8 heteroatoms. The minimum absolute atomic E-state index is 0.326. The van der Waals surface area contributed by atoms with Crippen LogP contribution in [0.4, 0.5) is 17.2 Å². The molecule has 2 aromatic rings. The summed E-state index contributed by atoms with van der Waals surface area (Å²) >= 11 is 0. The Bertz CT molecular complexity index is 860. The Morgan fingerprint density at radius 3 is 2.52 bits per heavy atom. The van der Waals surface area contributed by atoms with Gasteiger partial charge in [-0.1, -0.05) is 6.07 Å². The number of rotatable bonds is 5. The molecule has 0 radical (unpaired) electrons. The van der Waals surface area contributed by atoms with Gasteiger partial charge < -0.3 is 10.2 Å². The molecule has 7 nitrogen and oxygen atoms in total. The van der Waals surface area contributed by atoms with Crippen LogP contribution in [-0.4, -0.2) is 38.7 Å². The number of carbonyl (C=O) groups is 1. The number of hydrogen-bond acceptors (Lipinski definition) is 5. The molecule has 1 saturated heterocycles. The lowest BCUT2D eigenvalue weighted by Crippen LogP contribution is -2.19. The first-order valence-corrected chi connectivity index (χ1v) is 9.90. The molecule has 0 spiro atoms. The van der Waals surface area contributed by atoms with Gasteiger partial charge in [0.2, 0.25) is 10.0 Å². The van der Waals surface area contributed by atoms with Crippen LogP contribution in [-0.2, 0) is 10.0 Å². The minimum atomic E-state index is -3.39. The van der Waals surface area contributed by atoms with Gasteiger partial charge in [0, 0.05) is 24.3 Å². The van der Waals surface area contributed by atoms with Crippen LogP contribution in [0.15, 0.2) is 42.6 Å². The number of benzene rings is 1. The van der Waals surface area contributed by atoms with Gasteiger partial charge in [0.25, 0.3) is 5.91 Å². The Hall–Kier alpha value is -2.61. The van der Waals surface area contributed by atoms with Crippen molar-refractivity contribution in [2.24, 2.45) is 0 Å². The number of aromatic nitrogens is 1. The monoisotopic (exact) mass is 360 g/mol. The molecule has 0 aliphatic carbocycles. The van der Waals surface area contributed by atoms with Crippen LogP contribution < -0.4 is 14.9 Å². The van der Waals surface area contributed by atoms with Crippen molar-refractivity contribution < 1.29 is 13.2 Å². The van der Waals surface area contributed by atoms with E-state index in [1.54, 1.807) is 24.4 Å². The largest absolute Gasteiger partial charge is 0.357 e. The molecule has 1 aliphatic heterocycles. The lowest BCUT2D eigenvalue weighted by molar-refractivity contribution is 0.102. The fraction of sp³-hybridized carbons (Fsp3) is 0.294. The van der Waals surface area contributed by atoms with E-state index in [4.69, 9.17) is 0 Å². The van der Waals surface area contributed by atoms with Crippen molar-refractivity contribution in [3.8, 4) is 0 Å². The number of pyridine rings is 1. The zero-order chi connectivity index (χ0) is 17.9. The van der Waals surface area contributed by atoms with Gasteiger partial charge in [-0.05, 0) is 43.2 Å². The van der Waals surface area contributed by atoms with E-state index in [1.165, 1.54) is 18.9 Å².